The Labute approximate surface area is 128 Å². The van der Waals surface area contributed by atoms with Gasteiger partial charge in [-0.1, -0.05) is 12.1 Å². The highest BCUT2D eigenvalue weighted by Crippen LogP contribution is 2.16. The van der Waals surface area contributed by atoms with Crippen LogP contribution in [0.2, 0.25) is 0 Å². The molecule has 0 fully saturated rings. The first-order valence-corrected chi connectivity index (χ1v) is 6.36. The first-order chi connectivity index (χ1) is 10.5. The Morgan fingerprint density at radius 1 is 1.36 bits per heavy atom. The number of carbonyl (C=O) groups is 1. The summed E-state index contributed by atoms with van der Waals surface area (Å²) in [5.74, 6) is -0.761. The van der Waals surface area contributed by atoms with Gasteiger partial charge in [0.05, 0.1) is 12.2 Å². The summed E-state index contributed by atoms with van der Waals surface area (Å²) in [6, 6.07) is 4.56. The van der Waals surface area contributed by atoms with E-state index in [0.717, 1.165) is 7.48 Å². The molecule has 0 aromatic heterocycles. The van der Waals surface area contributed by atoms with Crippen LogP contribution in [0.3, 0.4) is 0 Å². The molecule has 0 unspecified atom stereocenters. The Hall–Kier alpha value is -2.51. The van der Waals surface area contributed by atoms with Crippen molar-refractivity contribution in [2.75, 3.05) is 0 Å². The molecule has 1 aromatic carbocycles. The summed E-state index contributed by atoms with van der Waals surface area (Å²) >= 11 is 0. The maximum Gasteiger partial charge on any atom is 0.335 e. The minimum absolute atomic E-state index is 0.0187. The van der Waals surface area contributed by atoms with E-state index in [1.165, 1.54) is 36.4 Å². The van der Waals surface area contributed by atoms with Crippen LogP contribution < -0.4 is 10.2 Å². The molecule has 0 aliphatic heterocycles. The molecule has 0 spiro atoms. The Morgan fingerprint density at radius 3 is 2.59 bits per heavy atom. The summed E-state index contributed by atoms with van der Waals surface area (Å²) in [4.78, 5) is 10.8. The fourth-order valence-electron chi connectivity index (χ4n) is 1.61. The van der Waals surface area contributed by atoms with Gasteiger partial charge in [-0.2, -0.15) is 0 Å². The molecule has 0 aliphatic carbocycles. The molecule has 0 amide bonds. The molecule has 115 valence electrons. The number of hydrogen-bond donors (Lipinski definition) is 4. The predicted molar refractivity (Wildman–Crippen MR) is 81.8 cm³/mol. The lowest BCUT2D eigenvalue weighted by Gasteiger charge is -2.09. The van der Waals surface area contributed by atoms with E-state index in [2.05, 4.69) is 0 Å². The second-order valence-corrected chi connectivity index (χ2v) is 4.16. The standard InChI is InChI=1S/C15H16BO6/c1-2-10(15(19)20)3-4-13(9-18)22-12-5-6-14(16-21)11(7-12)8-17/h2-7,9,17-18,21H,8H2,1H3,(H,19,20)/b4-3-,10-2+,13-9-. The van der Waals surface area contributed by atoms with E-state index < -0.39 is 5.97 Å². The van der Waals surface area contributed by atoms with Crippen molar-refractivity contribution in [3.05, 3.63) is 59.6 Å². The fraction of sp³-hybridized carbons (Fsp3) is 0.133. The smallest absolute Gasteiger partial charge is 0.335 e. The van der Waals surface area contributed by atoms with Crippen LogP contribution in [0.5, 0.6) is 5.75 Å². The fourth-order valence-corrected chi connectivity index (χ4v) is 1.61. The lowest BCUT2D eigenvalue weighted by atomic mass is 9.84. The SMILES string of the molecule is C\C=C(/C=C\C(=C\O)Oc1ccc([B]O)c(CO)c1)C(=O)O. The summed E-state index contributed by atoms with van der Waals surface area (Å²) in [5.41, 5.74) is 0.937. The Kier molecular flexibility index (Phi) is 6.95. The average Bonchev–Trinajstić information content (AvgIpc) is 2.53. The molecule has 0 heterocycles. The van der Waals surface area contributed by atoms with E-state index in [-0.39, 0.29) is 17.9 Å². The van der Waals surface area contributed by atoms with Crippen molar-refractivity contribution in [1.82, 2.24) is 0 Å². The number of benzene rings is 1. The maximum absolute atomic E-state index is 10.8. The summed E-state index contributed by atoms with van der Waals surface area (Å²) < 4.78 is 5.38. The molecule has 22 heavy (non-hydrogen) atoms. The zero-order valence-electron chi connectivity index (χ0n) is 11.9. The quantitative estimate of drug-likeness (QED) is 0.257. The Balaban J connectivity index is 2.92. The Bertz CT molecular complexity index is 618. The van der Waals surface area contributed by atoms with Crippen molar-refractivity contribution < 1.29 is 29.9 Å². The van der Waals surface area contributed by atoms with Crippen molar-refractivity contribution in [2.24, 2.45) is 0 Å². The number of rotatable bonds is 7. The highest BCUT2D eigenvalue weighted by molar-refractivity contribution is 6.46. The van der Waals surface area contributed by atoms with Gasteiger partial charge in [0.1, 0.15) is 12.0 Å². The lowest BCUT2D eigenvalue weighted by molar-refractivity contribution is -0.132. The van der Waals surface area contributed by atoms with Crippen LogP contribution in [0, 0.1) is 0 Å². The van der Waals surface area contributed by atoms with Crippen molar-refractivity contribution in [3.8, 4) is 5.75 Å². The molecule has 0 bridgehead atoms. The number of ether oxygens (including phenoxy) is 1. The van der Waals surface area contributed by atoms with Gasteiger partial charge in [-0.3, -0.25) is 0 Å². The zero-order valence-corrected chi connectivity index (χ0v) is 11.9. The largest absolute Gasteiger partial charge is 0.512 e. The van der Waals surface area contributed by atoms with Crippen molar-refractivity contribution >= 4 is 18.9 Å². The molecule has 0 saturated heterocycles. The van der Waals surface area contributed by atoms with Gasteiger partial charge < -0.3 is 25.1 Å². The van der Waals surface area contributed by atoms with Gasteiger partial charge in [-0.05, 0) is 42.2 Å². The van der Waals surface area contributed by atoms with E-state index in [9.17, 15) is 9.90 Å². The molecule has 4 N–H and O–H groups in total. The van der Waals surface area contributed by atoms with Gasteiger partial charge in [0, 0.05) is 0 Å². The van der Waals surface area contributed by atoms with E-state index >= 15 is 0 Å². The van der Waals surface area contributed by atoms with Crippen LogP contribution in [0.4, 0.5) is 0 Å². The third-order valence-electron chi connectivity index (χ3n) is 2.77. The van der Waals surface area contributed by atoms with Crippen molar-refractivity contribution in [1.29, 1.82) is 0 Å². The van der Waals surface area contributed by atoms with Crippen LogP contribution in [0.15, 0.2) is 54.0 Å². The molecule has 1 rings (SSSR count). The van der Waals surface area contributed by atoms with Gasteiger partial charge in [0.2, 0.25) is 0 Å². The predicted octanol–water partition coefficient (Wildman–Crippen LogP) is 0.781. The number of carboxylic acids is 1. The van der Waals surface area contributed by atoms with Gasteiger partial charge in [0.15, 0.2) is 5.76 Å². The number of carboxylic acid groups (broad SMARTS) is 1. The van der Waals surface area contributed by atoms with E-state index in [0.29, 0.717) is 23.0 Å². The second-order valence-electron chi connectivity index (χ2n) is 4.16. The van der Waals surface area contributed by atoms with E-state index in [4.69, 9.17) is 20.0 Å². The minimum Gasteiger partial charge on any atom is -0.512 e. The van der Waals surface area contributed by atoms with Gasteiger partial charge >= 0.3 is 13.5 Å². The van der Waals surface area contributed by atoms with Crippen molar-refractivity contribution in [3.63, 3.8) is 0 Å². The molecule has 7 heteroatoms. The summed E-state index contributed by atoms with van der Waals surface area (Å²) in [7, 11) is 0.864. The molecule has 6 nitrogen and oxygen atoms in total. The molecule has 1 aromatic rings. The van der Waals surface area contributed by atoms with Gasteiger partial charge in [-0.15, -0.1) is 0 Å². The second kappa shape index (κ2) is 8.71. The van der Waals surface area contributed by atoms with Crippen LogP contribution in [-0.4, -0.2) is 33.8 Å². The third kappa shape index (κ3) is 4.80. The first-order valence-electron chi connectivity index (χ1n) is 6.36. The Morgan fingerprint density at radius 2 is 2.09 bits per heavy atom. The highest BCUT2D eigenvalue weighted by atomic mass is 16.5. The molecule has 0 atom stereocenters. The number of aliphatic hydroxyl groups excluding tert-OH is 2. The zero-order chi connectivity index (χ0) is 16.5. The van der Waals surface area contributed by atoms with E-state index in [1.807, 2.05) is 0 Å². The highest BCUT2D eigenvalue weighted by Gasteiger charge is 2.07. The normalized spacial score (nSPS) is 12.5. The van der Waals surface area contributed by atoms with E-state index in [1.54, 1.807) is 6.92 Å². The minimum atomic E-state index is -1.10. The van der Waals surface area contributed by atoms with Crippen LogP contribution in [0.25, 0.3) is 0 Å². The van der Waals surface area contributed by atoms with Crippen LogP contribution in [-0.2, 0) is 11.4 Å². The lowest BCUT2D eigenvalue weighted by Crippen LogP contribution is -2.19. The number of aliphatic hydroxyl groups is 2. The summed E-state index contributed by atoms with van der Waals surface area (Å²) in [5, 5.41) is 36.2. The van der Waals surface area contributed by atoms with Gasteiger partial charge in [0.25, 0.3) is 0 Å². The first kappa shape index (κ1) is 17.5. The number of aliphatic carboxylic acids is 1. The molecular weight excluding hydrogens is 287 g/mol. The summed E-state index contributed by atoms with van der Waals surface area (Å²) in [6.07, 6.45) is 4.68. The summed E-state index contributed by atoms with van der Waals surface area (Å²) in [6.45, 7) is 1.29. The van der Waals surface area contributed by atoms with Crippen molar-refractivity contribution in [2.45, 2.75) is 13.5 Å². The number of hydrogen-bond acceptors (Lipinski definition) is 5. The molecule has 0 aliphatic rings. The monoisotopic (exact) mass is 303 g/mol. The van der Waals surface area contributed by atoms with Crippen LogP contribution in [0.1, 0.15) is 12.5 Å². The molecular formula is C15H16BO6. The topological polar surface area (TPSA) is 107 Å². The number of allylic oxidation sites excluding steroid dienone is 2. The third-order valence-corrected chi connectivity index (χ3v) is 2.77. The molecule has 1 radical (unpaired) electrons. The van der Waals surface area contributed by atoms with Crippen LogP contribution >= 0.6 is 0 Å². The molecule has 0 saturated carbocycles. The average molecular weight is 303 g/mol. The van der Waals surface area contributed by atoms with Gasteiger partial charge in [-0.25, -0.2) is 4.79 Å². The maximum atomic E-state index is 10.8.